The van der Waals surface area contributed by atoms with Gasteiger partial charge >= 0.3 is 0 Å². The van der Waals surface area contributed by atoms with Gasteiger partial charge in [-0.1, -0.05) is 42.1 Å². The fourth-order valence-corrected chi connectivity index (χ4v) is 5.54. The maximum Gasteiger partial charge on any atom is 0.263 e. The van der Waals surface area contributed by atoms with E-state index in [1.807, 2.05) is 6.07 Å². The predicted octanol–water partition coefficient (Wildman–Crippen LogP) is 3.44. The number of Topliss-reactive ketones (excluding diaryl/α,β-unsaturated/α-hetero) is 1. The first-order chi connectivity index (χ1) is 14.9. The summed E-state index contributed by atoms with van der Waals surface area (Å²) in [4.78, 5) is 32.9. The number of thiazole rings is 1. The van der Waals surface area contributed by atoms with Crippen molar-refractivity contribution >= 4 is 60.8 Å². The SMILES string of the molecule is O=C(CC1SC(=Nc2ccc(S(=O)(=O)Nc3nccs3)cc2)NC1=O)c1ccccc1. The lowest BCUT2D eigenvalue weighted by molar-refractivity contribution is -0.118. The molecule has 3 aromatic rings. The number of amidine groups is 1. The highest BCUT2D eigenvalue weighted by Crippen LogP contribution is 2.27. The maximum absolute atomic E-state index is 12.4. The summed E-state index contributed by atoms with van der Waals surface area (Å²) in [5.74, 6) is -0.392. The van der Waals surface area contributed by atoms with Crippen molar-refractivity contribution in [3.05, 3.63) is 71.7 Å². The summed E-state index contributed by atoms with van der Waals surface area (Å²) < 4.78 is 27.2. The van der Waals surface area contributed by atoms with Crippen LogP contribution in [0.4, 0.5) is 10.8 Å². The van der Waals surface area contributed by atoms with Gasteiger partial charge < -0.3 is 5.32 Å². The van der Waals surface area contributed by atoms with E-state index < -0.39 is 15.3 Å². The quantitative estimate of drug-likeness (QED) is 0.509. The summed E-state index contributed by atoms with van der Waals surface area (Å²) in [5.41, 5.74) is 1.04. The highest BCUT2D eigenvalue weighted by Gasteiger charge is 2.32. The molecule has 0 aliphatic carbocycles. The summed E-state index contributed by atoms with van der Waals surface area (Å²) in [6.45, 7) is 0. The number of aliphatic imine (C=N–C) groups is 1. The van der Waals surface area contributed by atoms with E-state index in [9.17, 15) is 18.0 Å². The Morgan fingerprint density at radius 3 is 2.55 bits per heavy atom. The van der Waals surface area contributed by atoms with Crippen molar-refractivity contribution in [1.29, 1.82) is 0 Å². The second kappa shape index (κ2) is 9.00. The normalized spacial score (nSPS) is 17.5. The van der Waals surface area contributed by atoms with E-state index in [4.69, 9.17) is 0 Å². The smallest absolute Gasteiger partial charge is 0.263 e. The highest BCUT2D eigenvalue weighted by atomic mass is 32.2. The van der Waals surface area contributed by atoms with Crippen LogP contribution in [0.3, 0.4) is 0 Å². The molecule has 1 aromatic heterocycles. The number of rotatable bonds is 7. The van der Waals surface area contributed by atoms with E-state index in [-0.39, 0.29) is 28.1 Å². The lowest BCUT2D eigenvalue weighted by Gasteiger charge is -2.05. The van der Waals surface area contributed by atoms with Crippen molar-refractivity contribution in [1.82, 2.24) is 10.3 Å². The fraction of sp³-hybridized carbons (Fsp3) is 0.100. The second-order valence-corrected chi connectivity index (χ2v) is 10.2. The first-order valence-corrected chi connectivity index (χ1v) is 12.3. The zero-order valence-corrected chi connectivity index (χ0v) is 18.3. The minimum Gasteiger partial charge on any atom is -0.304 e. The number of nitrogens with one attached hydrogen (secondary N) is 2. The second-order valence-electron chi connectivity index (χ2n) is 6.44. The molecular weight excluding hydrogens is 456 g/mol. The van der Waals surface area contributed by atoms with E-state index in [0.717, 1.165) is 0 Å². The molecule has 8 nitrogen and oxygen atoms in total. The number of amides is 1. The van der Waals surface area contributed by atoms with Crippen LogP contribution in [0.2, 0.25) is 0 Å². The molecule has 1 atom stereocenters. The van der Waals surface area contributed by atoms with Crippen LogP contribution in [0.1, 0.15) is 16.8 Å². The lowest BCUT2D eigenvalue weighted by atomic mass is 10.1. The van der Waals surface area contributed by atoms with Crippen LogP contribution >= 0.6 is 23.1 Å². The molecule has 0 radical (unpaired) electrons. The zero-order chi connectivity index (χ0) is 21.8. The Morgan fingerprint density at radius 1 is 1.13 bits per heavy atom. The summed E-state index contributed by atoms with van der Waals surface area (Å²) in [6.07, 6.45) is 1.58. The Kier molecular flexibility index (Phi) is 6.16. The Bertz CT molecular complexity index is 1230. The number of sulfonamides is 1. The first-order valence-electron chi connectivity index (χ1n) is 9.07. The van der Waals surface area contributed by atoms with Crippen LogP contribution in [0, 0.1) is 0 Å². The molecule has 2 N–H and O–H groups in total. The standard InChI is InChI=1S/C20H16N4O4S3/c25-16(13-4-2-1-3-5-13)12-17-18(26)23-20(30-17)22-14-6-8-15(9-7-14)31(27,28)24-19-21-10-11-29-19/h1-11,17H,12H2,(H,21,24)(H,22,23,26). The van der Waals surface area contributed by atoms with Gasteiger partial charge in [-0.15, -0.1) is 11.3 Å². The van der Waals surface area contributed by atoms with Crippen LogP contribution in [0.25, 0.3) is 0 Å². The van der Waals surface area contributed by atoms with Gasteiger partial charge in [0.2, 0.25) is 5.91 Å². The van der Waals surface area contributed by atoms with E-state index in [1.165, 1.54) is 41.4 Å². The molecule has 4 rings (SSSR count). The third kappa shape index (κ3) is 5.19. The molecule has 0 saturated carbocycles. The van der Waals surface area contributed by atoms with Gasteiger partial charge in [0.15, 0.2) is 16.1 Å². The number of carbonyl (C=O) groups excluding carboxylic acids is 2. The number of carbonyl (C=O) groups is 2. The van der Waals surface area contributed by atoms with E-state index in [1.54, 1.807) is 41.8 Å². The topological polar surface area (TPSA) is 118 Å². The largest absolute Gasteiger partial charge is 0.304 e. The molecule has 1 aliphatic rings. The number of aromatic nitrogens is 1. The van der Waals surface area contributed by atoms with Gasteiger partial charge in [0.05, 0.1) is 15.8 Å². The van der Waals surface area contributed by atoms with Crippen molar-refractivity contribution in [2.24, 2.45) is 4.99 Å². The molecule has 1 amide bonds. The molecule has 1 unspecified atom stereocenters. The van der Waals surface area contributed by atoms with E-state index >= 15 is 0 Å². The maximum atomic E-state index is 12.4. The number of ketones is 1. The lowest BCUT2D eigenvalue weighted by Crippen LogP contribution is -2.26. The van der Waals surface area contributed by atoms with Crippen molar-refractivity contribution in [2.75, 3.05) is 4.72 Å². The van der Waals surface area contributed by atoms with Crippen molar-refractivity contribution in [3.8, 4) is 0 Å². The van der Waals surface area contributed by atoms with Crippen molar-refractivity contribution in [2.45, 2.75) is 16.6 Å². The highest BCUT2D eigenvalue weighted by molar-refractivity contribution is 8.15. The number of benzene rings is 2. The number of thioether (sulfide) groups is 1. The third-order valence-electron chi connectivity index (χ3n) is 4.27. The average molecular weight is 473 g/mol. The molecule has 1 aliphatic heterocycles. The molecule has 158 valence electrons. The number of hydrogen-bond acceptors (Lipinski definition) is 8. The van der Waals surface area contributed by atoms with Gasteiger partial charge in [0.25, 0.3) is 10.0 Å². The Balaban J connectivity index is 1.42. The van der Waals surface area contributed by atoms with E-state index in [2.05, 4.69) is 20.0 Å². The molecule has 0 spiro atoms. The van der Waals surface area contributed by atoms with Crippen LogP contribution in [-0.4, -0.2) is 35.5 Å². The molecule has 2 heterocycles. The minimum absolute atomic E-state index is 0.0686. The Labute approximate surface area is 186 Å². The van der Waals surface area contributed by atoms with Gasteiger partial charge in [0, 0.05) is 23.6 Å². The number of nitrogens with zero attached hydrogens (tertiary/aromatic N) is 2. The number of hydrogen-bond donors (Lipinski definition) is 2. The minimum atomic E-state index is -3.75. The van der Waals surface area contributed by atoms with Crippen LogP contribution in [0.5, 0.6) is 0 Å². The predicted molar refractivity (Wildman–Crippen MR) is 121 cm³/mol. The third-order valence-corrected chi connectivity index (χ3v) is 7.53. The van der Waals surface area contributed by atoms with Gasteiger partial charge in [-0.25, -0.2) is 18.4 Å². The van der Waals surface area contributed by atoms with Crippen LogP contribution < -0.4 is 10.0 Å². The van der Waals surface area contributed by atoms with Gasteiger partial charge in [-0.2, -0.15) is 0 Å². The average Bonchev–Trinajstić information content (AvgIpc) is 3.38. The molecule has 0 bridgehead atoms. The molecular formula is C20H16N4O4S3. The fourth-order valence-electron chi connectivity index (χ4n) is 2.77. The van der Waals surface area contributed by atoms with E-state index in [0.29, 0.717) is 16.4 Å². The van der Waals surface area contributed by atoms with Gasteiger partial charge in [-0.05, 0) is 24.3 Å². The molecule has 1 saturated heterocycles. The van der Waals surface area contributed by atoms with Gasteiger partial charge in [-0.3, -0.25) is 14.3 Å². The number of anilines is 1. The summed E-state index contributed by atoms with van der Waals surface area (Å²) >= 11 is 2.36. The molecule has 31 heavy (non-hydrogen) atoms. The van der Waals surface area contributed by atoms with Crippen LogP contribution in [-0.2, 0) is 14.8 Å². The Morgan fingerprint density at radius 2 is 1.87 bits per heavy atom. The van der Waals surface area contributed by atoms with Crippen molar-refractivity contribution < 1.29 is 18.0 Å². The monoisotopic (exact) mass is 472 g/mol. The van der Waals surface area contributed by atoms with Gasteiger partial charge in [0.1, 0.15) is 0 Å². The summed E-state index contributed by atoms with van der Waals surface area (Å²) in [5, 5.41) is 4.43. The first kappa shape index (κ1) is 21.2. The van der Waals surface area contributed by atoms with Crippen LogP contribution in [0.15, 0.2) is 76.1 Å². The Hall–Kier alpha value is -3.02. The molecule has 1 fully saturated rings. The summed E-state index contributed by atoms with van der Waals surface area (Å²) in [6, 6.07) is 14.7. The summed E-state index contributed by atoms with van der Waals surface area (Å²) in [7, 11) is -3.75. The molecule has 11 heteroatoms. The van der Waals surface area contributed by atoms with Crippen molar-refractivity contribution in [3.63, 3.8) is 0 Å². The zero-order valence-electron chi connectivity index (χ0n) is 15.9. The molecule has 2 aromatic carbocycles.